The second-order valence-corrected chi connectivity index (χ2v) is 5.94. The van der Waals surface area contributed by atoms with Gasteiger partial charge >= 0.3 is 18.1 Å². The van der Waals surface area contributed by atoms with Gasteiger partial charge < -0.3 is 5.11 Å². The summed E-state index contributed by atoms with van der Waals surface area (Å²) in [5.41, 5.74) is 3.11. The number of aliphatic carboxylic acids is 1. The number of carboxylic acids is 1. The summed E-state index contributed by atoms with van der Waals surface area (Å²) >= 11 is 4.83. The number of carboxylic acid groups (broad SMARTS) is 1. The number of nitrogens with zero attached hydrogens (tertiary/aromatic N) is 3. The van der Waals surface area contributed by atoms with E-state index in [1.54, 1.807) is 0 Å². The summed E-state index contributed by atoms with van der Waals surface area (Å²) < 4.78 is 38.4. The molecule has 8 nitrogen and oxygen atoms in total. The van der Waals surface area contributed by atoms with Crippen LogP contribution in [-0.4, -0.2) is 78.3 Å². The number of hydrogen-bond acceptors (Lipinski definition) is 7. The van der Waals surface area contributed by atoms with Crippen LogP contribution in [0.1, 0.15) is 0 Å². The van der Waals surface area contributed by atoms with Gasteiger partial charge in [-0.2, -0.15) is 13.2 Å². The maximum Gasteiger partial charge on any atom is 0.471 e. The van der Waals surface area contributed by atoms with Crippen molar-refractivity contribution < 1.29 is 27.9 Å². The molecule has 13 heteroatoms. The van der Waals surface area contributed by atoms with E-state index in [0.29, 0.717) is 0 Å². The van der Waals surface area contributed by atoms with Crippen LogP contribution in [0.25, 0.3) is 0 Å². The number of alkyl halides is 3. The maximum absolute atomic E-state index is 12.8. The number of hydrogen-bond donors (Lipinski definition) is 3. The number of nitrogens with one attached hydrogen (secondary N) is 2. The first-order chi connectivity index (χ1) is 9.85. The summed E-state index contributed by atoms with van der Waals surface area (Å²) in [6.07, 6.45) is -5.25. The Bertz CT molecular complexity index is 425. The van der Waals surface area contributed by atoms with E-state index in [1.165, 1.54) is 38.2 Å². The fourth-order valence-electron chi connectivity index (χ4n) is 1.48. The quantitative estimate of drug-likeness (QED) is 0.306. The highest BCUT2D eigenvalue weighted by Gasteiger charge is 2.51. The largest absolute Gasteiger partial charge is 0.480 e. The highest BCUT2D eigenvalue weighted by atomic mass is 32.4. The molecule has 128 valence electrons. The Balaban J connectivity index is 5.95. The van der Waals surface area contributed by atoms with Gasteiger partial charge in [0.2, 0.25) is 5.53 Å². The van der Waals surface area contributed by atoms with E-state index in [4.69, 9.17) is 16.9 Å². The topological polar surface area (TPSA) is 88.2 Å². The molecule has 0 atom stereocenters. The highest BCUT2D eigenvalue weighted by molar-refractivity contribution is 7.97. The van der Waals surface area contributed by atoms with Gasteiger partial charge in [0.15, 0.2) is 0 Å². The van der Waals surface area contributed by atoms with Gasteiger partial charge in [0.05, 0.1) is 0 Å². The van der Waals surface area contributed by atoms with E-state index < -0.39 is 30.1 Å². The molecular weight excluding hydrogens is 346 g/mol. The number of carbonyl (C=O) groups is 2. The number of amides is 1. The first-order valence-electron chi connectivity index (χ1n) is 5.71. The summed E-state index contributed by atoms with van der Waals surface area (Å²) in [4.78, 5) is 22.6. The van der Waals surface area contributed by atoms with Gasteiger partial charge in [0, 0.05) is 35.5 Å². The summed E-state index contributed by atoms with van der Waals surface area (Å²) in [5, 5.41) is 11.4. The van der Waals surface area contributed by atoms with Gasteiger partial charge in [0.25, 0.3) is 0 Å². The number of halogens is 3. The molecule has 0 aromatic carbocycles. The van der Waals surface area contributed by atoms with Gasteiger partial charge in [-0.05, 0) is 0 Å². The van der Waals surface area contributed by atoms with Crippen LogP contribution in [-0.2, 0) is 21.4 Å². The van der Waals surface area contributed by atoms with Crippen molar-refractivity contribution in [3.8, 4) is 0 Å². The Labute approximate surface area is 132 Å². The zero-order chi connectivity index (χ0) is 17.7. The summed E-state index contributed by atoms with van der Waals surface area (Å²) in [7, 11) is 5.68. The van der Waals surface area contributed by atoms with Crippen molar-refractivity contribution in [2.24, 2.45) is 0 Å². The molecule has 0 aliphatic rings. The average molecular weight is 363 g/mol. The summed E-state index contributed by atoms with van der Waals surface area (Å²) in [5.74, 6) is -3.93. The highest BCUT2D eigenvalue weighted by Crippen LogP contribution is 2.28. The minimum absolute atomic E-state index is 0.101. The molecule has 0 bridgehead atoms. The van der Waals surface area contributed by atoms with Crippen molar-refractivity contribution in [2.45, 2.75) is 11.7 Å². The van der Waals surface area contributed by atoms with Gasteiger partial charge in [-0.15, -0.1) is 0 Å². The third kappa shape index (κ3) is 6.07. The Morgan fingerprint density at radius 3 is 1.77 bits per heavy atom. The van der Waals surface area contributed by atoms with Gasteiger partial charge in [-0.25, -0.2) is 20.9 Å². The van der Waals surface area contributed by atoms with Crippen molar-refractivity contribution in [3.63, 3.8) is 0 Å². The lowest BCUT2D eigenvalue weighted by Gasteiger charge is -2.43. The molecule has 1 amide bonds. The molecule has 0 fully saturated rings. The van der Waals surface area contributed by atoms with Crippen molar-refractivity contribution in [2.75, 3.05) is 34.7 Å². The molecule has 0 aromatic rings. The molecule has 0 heterocycles. The molecule has 0 rings (SSSR count). The minimum Gasteiger partial charge on any atom is -0.480 e. The van der Waals surface area contributed by atoms with Crippen LogP contribution in [0.15, 0.2) is 0 Å². The molecule has 22 heavy (non-hydrogen) atoms. The molecule has 0 aromatic heterocycles. The van der Waals surface area contributed by atoms with Crippen molar-refractivity contribution in [1.29, 1.82) is 0 Å². The lowest BCUT2D eigenvalue weighted by Crippen LogP contribution is -2.72. The molecule has 0 aliphatic carbocycles. The zero-order valence-corrected chi connectivity index (χ0v) is 14.0. The second-order valence-electron chi connectivity index (χ2n) is 4.56. The van der Waals surface area contributed by atoms with Gasteiger partial charge in [-0.3, -0.25) is 14.5 Å². The first kappa shape index (κ1) is 21.1. The van der Waals surface area contributed by atoms with Crippen LogP contribution in [0, 0.1) is 0 Å². The Morgan fingerprint density at radius 1 is 1.14 bits per heavy atom. The Hall–Kier alpha value is -0.910. The van der Waals surface area contributed by atoms with Crippen LogP contribution >= 0.6 is 7.36 Å². The Morgan fingerprint density at radius 2 is 1.55 bits per heavy atom. The molecular formula is C9H17F3N5O3PS. The van der Waals surface area contributed by atoms with E-state index in [1.807, 2.05) is 0 Å². The predicted molar refractivity (Wildman–Crippen MR) is 76.1 cm³/mol. The number of hydrazine groups is 2. The number of carbonyl (C=O) groups excluding carboxylic acids is 1. The third-order valence-electron chi connectivity index (χ3n) is 2.06. The molecule has 3 N–H and O–H groups in total. The molecule has 0 spiro atoms. The first-order valence-corrected chi connectivity index (χ1v) is 7.62. The molecule has 0 radical (unpaired) electrons. The minimum atomic E-state index is -5.25. The molecule has 0 unspecified atom stereocenters. The van der Waals surface area contributed by atoms with E-state index >= 15 is 0 Å². The fourth-order valence-corrected chi connectivity index (χ4v) is 2.76. The van der Waals surface area contributed by atoms with Crippen LogP contribution in [0.5, 0.6) is 0 Å². The normalized spacial score (nSPS) is 13.0. The maximum atomic E-state index is 12.8. The smallest absolute Gasteiger partial charge is 0.471 e. The van der Waals surface area contributed by atoms with Gasteiger partial charge in [-0.1, -0.05) is 11.8 Å². The van der Waals surface area contributed by atoms with E-state index in [0.717, 1.165) is 0 Å². The summed E-state index contributed by atoms with van der Waals surface area (Å²) in [6.45, 7) is -1.19. The summed E-state index contributed by atoms with van der Waals surface area (Å²) in [6, 6.07) is 0. The zero-order valence-electron chi connectivity index (χ0n) is 12.3. The lowest BCUT2D eigenvalue weighted by molar-refractivity contribution is -0.195. The third-order valence-corrected chi connectivity index (χ3v) is 3.56. The van der Waals surface area contributed by atoms with Crippen LogP contribution < -0.4 is 10.9 Å². The van der Waals surface area contributed by atoms with E-state index in [9.17, 15) is 22.8 Å². The van der Waals surface area contributed by atoms with Crippen LogP contribution in [0.2, 0.25) is 0 Å². The van der Waals surface area contributed by atoms with E-state index in [-0.39, 0.29) is 12.3 Å². The number of rotatable bonds is 8. The second kappa shape index (κ2) is 8.09. The molecule has 0 saturated carbocycles. The molecule has 0 saturated heterocycles. The Kier molecular flexibility index (Phi) is 7.75. The van der Waals surface area contributed by atoms with Crippen LogP contribution in [0.3, 0.4) is 0 Å². The lowest BCUT2D eigenvalue weighted by atomic mass is 10.4. The molecule has 0 aliphatic heterocycles. The van der Waals surface area contributed by atoms with Crippen LogP contribution in [0.4, 0.5) is 13.2 Å². The van der Waals surface area contributed by atoms with Gasteiger partial charge in [0.1, 0.15) is 6.54 Å². The SMILES string of the molecule is CN(C)NC(NN(C)C)(P=S)N(CC(=O)O)C(=O)C(F)(F)F. The standard InChI is InChI=1S/C9H17F3N5O3PS/c1-15(2)13-9(21-22,14-16(3)4)17(5-6(18)19)7(20)8(10,11)12/h13-14H,5H2,1-4H3,(H,18,19). The average Bonchev–Trinajstić information content (AvgIpc) is 2.31. The van der Waals surface area contributed by atoms with Crippen molar-refractivity contribution in [1.82, 2.24) is 25.8 Å². The van der Waals surface area contributed by atoms with Crippen molar-refractivity contribution >= 4 is 31.0 Å². The monoisotopic (exact) mass is 363 g/mol. The van der Waals surface area contributed by atoms with E-state index in [2.05, 4.69) is 10.9 Å². The predicted octanol–water partition coefficient (Wildman–Crippen LogP) is -0.386. The van der Waals surface area contributed by atoms with Crippen molar-refractivity contribution in [3.05, 3.63) is 0 Å². The fraction of sp³-hybridized carbons (Fsp3) is 0.778.